The van der Waals surface area contributed by atoms with Gasteiger partial charge in [0.25, 0.3) is 0 Å². The fraction of sp³-hybridized carbons (Fsp3) is 0.100. The van der Waals surface area contributed by atoms with Crippen molar-refractivity contribution in [3.63, 3.8) is 0 Å². The van der Waals surface area contributed by atoms with Gasteiger partial charge in [0, 0.05) is 0 Å². The van der Waals surface area contributed by atoms with Gasteiger partial charge in [-0.3, -0.25) is 0 Å². The van der Waals surface area contributed by atoms with E-state index >= 15 is 0 Å². The molecule has 3 heteroatoms. The number of para-hydroxylation sites is 1. The van der Waals surface area contributed by atoms with E-state index in [1.807, 2.05) is 37.3 Å². The Morgan fingerprint density at radius 2 is 2.00 bits per heavy atom. The average Bonchev–Trinajstić information content (AvgIpc) is 2.53. The maximum atomic E-state index is 5.32. The first-order valence-corrected chi connectivity index (χ1v) is 4.00. The summed E-state index contributed by atoms with van der Waals surface area (Å²) in [4.78, 5) is 3.92. The van der Waals surface area contributed by atoms with E-state index in [-0.39, 0.29) is 6.08 Å². The molecule has 2 rings (SSSR count). The highest BCUT2D eigenvalue weighted by molar-refractivity contribution is 5.23. The summed E-state index contributed by atoms with van der Waals surface area (Å²) < 4.78 is 10.5. The van der Waals surface area contributed by atoms with Crippen molar-refractivity contribution in [2.45, 2.75) is 6.92 Å². The molecule has 0 aliphatic rings. The molecule has 66 valence electrons. The predicted molar refractivity (Wildman–Crippen MR) is 47.8 cm³/mol. The van der Waals surface area contributed by atoms with Gasteiger partial charge in [0.05, 0.1) is 6.20 Å². The maximum absolute atomic E-state index is 5.32. The highest BCUT2D eigenvalue weighted by Crippen LogP contribution is 2.19. The smallest absolute Gasteiger partial charge is 0.399 e. The van der Waals surface area contributed by atoms with Crippen molar-refractivity contribution in [1.29, 1.82) is 0 Å². The highest BCUT2D eigenvalue weighted by Gasteiger charge is 2.01. The SMILES string of the molecule is Cc1cnc(Oc2ccccc2)o1. The van der Waals surface area contributed by atoms with Gasteiger partial charge in [-0.15, -0.1) is 0 Å². The molecular weight excluding hydrogens is 166 g/mol. The molecule has 0 N–H and O–H groups in total. The Bertz CT molecular complexity index is 381. The van der Waals surface area contributed by atoms with Crippen LogP contribution in [0, 0.1) is 6.92 Å². The minimum absolute atomic E-state index is 0.281. The lowest BCUT2D eigenvalue weighted by Crippen LogP contribution is -1.81. The van der Waals surface area contributed by atoms with E-state index in [9.17, 15) is 0 Å². The third-order valence-electron chi connectivity index (χ3n) is 1.55. The van der Waals surface area contributed by atoms with Crippen LogP contribution in [-0.4, -0.2) is 4.98 Å². The number of nitrogens with zero attached hydrogens (tertiary/aromatic N) is 1. The Labute approximate surface area is 76.0 Å². The van der Waals surface area contributed by atoms with Gasteiger partial charge in [-0.1, -0.05) is 18.2 Å². The molecule has 0 saturated heterocycles. The van der Waals surface area contributed by atoms with Crippen molar-refractivity contribution in [3.05, 3.63) is 42.3 Å². The van der Waals surface area contributed by atoms with E-state index < -0.39 is 0 Å². The molecule has 0 bridgehead atoms. The average molecular weight is 175 g/mol. The van der Waals surface area contributed by atoms with Crippen LogP contribution in [-0.2, 0) is 0 Å². The van der Waals surface area contributed by atoms with Gasteiger partial charge in [0.1, 0.15) is 11.5 Å². The Kier molecular flexibility index (Phi) is 2.00. The van der Waals surface area contributed by atoms with E-state index in [4.69, 9.17) is 9.15 Å². The lowest BCUT2D eigenvalue weighted by Gasteiger charge is -1.98. The van der Waals surface area contributed by atoms with Gasteiger partial charge in [-0.2, -0.15) is 4.98 Å². The zero-order chi connectivity index (χ0) is 9.10. The molecule has 0 unspecified atom stereocenters. The summed E-state index contributed by atoms with van der Waals surface area (Å²) in [7, 11) is 0. The Balaban J connectivity index is 2.15. The number of benzene rings is 1. The minimum atomic E-state index is 0.281. The molecule has 1 aromatic heterocycles. The van der Waals surface area contributed by atoms with Gasteiger partial charge in [0.15, 0.2) is 0 Å². The standard InChI is InChI=1S/C10H9NO2/c1-8-7-11-10(12-8)13-9-5-3-2-4-6-9/h2-7H,1H3. The Morgan fingerprint density at radius 3 is 2.62 bits per heavy atom. The normalized spacial score (nSPS) is 9.92. The third kappa shape index (κ3) is 1.87. The van der Waals surface area contributed by atoms with Gasteiger partial charge < -0.3 is 9.15 Å². The van der Waals surface area contributed by atoms with Crippen molar-refractivity contribution in [3.8, 4) is 11.8 Å². The third-order valence-corrected chi connectivity index (χ3v) is 1.55. The number of hydrogen-bond acceptors (Lipinski definition) is 3. The number of aryl methyl sites for hydroxylation is 1. The number of ether oxygens (including phenoxy) is 1. The second-order valence-electron chi connectivity index (χ2n) is 2.65. The molecule has 0 aliphatic carbocycles. The van der Waals surface area contributed by atoms with Gasteiger partial charge in [-0.05, 0) is 19.1 Å². The summed E-state index contributed by atoms with van der Waals surface area (Å²) >= 11 is 0. The minimum Gasteiger partial charge on any atom is -0.414 e. The van der Waals surface area contributed by atoms with Crippen LogP contribution < -0.4 is 4.74 Å². The fourth-order valence-electron chi connectivity index (χ4n) is 0.971. The Morgan fingerprint density at radius 1 is 1.23 bits per heavy atom. The first-order chi connectivity index (χ1) is 6.34. The molecular formula is C10H9NO2. The molecule has 0 fully saturated rings. The second kappa shape index (κ2) is 3.31. The largest absolute Gasteiger partial charge is 0.414 e. The molecule has 1 aromatic carbocycles. The van der Waals surface area contributed by atoms with E-state index in [2.05, 4.69) is 4.98 Å². The van der Waals surface area contributed by atoms with Crippen molar-refractivity contribution < 1.29 is 9.15 Å². The maximum Gasteiger partial charge on any atom is 0.399 e. The van der Waals surface area contributed by atoms with E-state index in [0.717, 1.165) is 11.5 Å². The molecule has 1 heterocycles. The van der Waals surface area contributed by atoms with Crippen LogP contribution in [0.15, 0.2) is 40.9 Å². The molecule has 0 aliphatic heterocycles. The lowest BCUT2D eigenvalue weighted by atomic mass is 10.3. The molecule has 3 nitrogen and oxygen atoms in total. The molecule has 0 amide bonds. The summed E-state index contributed by atoms with van der Waals surface area (Å²) in [5, 5.41) is 0. The van der Waals surface area contributed by atoms with Crippen LogP contribution in [0.1, 0.15) is 5.76 Å². The van der Waals surface area contributed by atoms with Crippen LogP contribution in [0.5, 0.6) is 11.8 Å². The summed E-state index contributed by atoms with van der Waals surface area (Å²) in [6, 6.07) is 9.41. The molecule has 13 heavy (non-hydrogen) atoms. The number of hydrogen-bond donors (Lipinski definition) is 0. The van der Waals surface area contributed by atoms with Crippen molar-refractivity contribution >= 4 is 0 Å². The molecule has 0 radical (unpaired) electrons. The number of rotatable bonds is 2. The van der Waals surface area contributed by atoms with Gasteiger partial charge in [-0.25, -0.2) is 0 Å². The van der Waals surface area contributed by atoms with Gasteiger partial charge in [0.2, 0.25) is 0 Å². The summed E-state index contributed by atoms with van der Waals surface area (Å²) in [6.07, 6.45) is 1.90. The fourth-order valence-corrected chi connectivity index (χ4v) is 0.971. The summed E-state index contributed by atoms with van der Waals surface area (Å²) in [5.74, 6) is 1.47. The van der Waals surface area contributed by atoms with Crippen LogP contribution in [0.2, 0.25) is 0 Å². The number of oxazole rings is 1. The van der Waals surface area contributed by atoms with Crippen molar-refractivity contribution in [1.82, 2.24) is 4.98 Å². The predicted octanol–water partition coefficient (Wildman–Crippen LogP) is 2.78. The molecule has 0 saturated carbocycles. The summed E-state index contributed by atoms with van der Waals surface area (Å²) in [6.45, 7) is 1.82. The van der Waals surface area contributed by atoms with Crippen LogP contribution >= 0.6 is 0 Å². The summed E-state index contributed by atoms with van der Waals surface area (Å²) in [5.41, 5.74) is 0. The first-order valence-electron chi connectivity index (χ1n) is 4.00. The van der Waals surface area contributed by atoms with Crippen molar-refractivity contribution in [2.75, 3.05) is 0 Å². The zero-order valence-corrected chi connectivity index (χ0v) is 7.23. The van der Waals surface area contributed by atoms with E-state index in [1.54, 1.807) is 6.20 Å². The van der Waals surface area contributed by atoms with E-state index in [1.165, 1.54) is 0 Å². The Hall–Kier alpha value is -1.77. The van der Waals surface area contributed by atoms with Crippen LogP contribution in [0.3, 0.4) is 0 Å². The van der Waals surface area contributed by atoms with Crippen molar-refractivity contribution in [2.24, 2.45) is 0 Å². The van der Waals surface area contributed by atoms with E-state index in [0.29, 0.717) is 0 Å². The molecule has 2 aromatic rings. The van der Waals surface area contributed by atoms with Gasteiger partial charge >= 0.3 is 6.08 Å². The topological polar surface area (TPSA) is 35.3 Å². The first kappa shape index (κ1) is 7.86. The number of aromatic nitrogens is 1. The monoisotopic (exact) mass is 175 g/mol. The lowest BCUT2D eigenvalue weighted by molar-refractivity contribution is 0.323. The molecule has 0 spiro atoms. The van der Waals surface area contributed by atoms with Crippen LogP contribution in [0.4, 0.5) is 0 Å². The highest BCUT2D eigenvalue weighted by atomic mass is 16.6. The second-order valence-corrected chi connectivity index (χ2v) is 2.65. The van der Waals surface area contributed by atoms with Crippen LogP contribution in [0.25, 0.3) is 0 Å². The molecule has 0 atom stereocenters. The zero-order valence-electron chi connectivity index (χ0n) is 7.23. The quantitative estimate of drug-likeness (QED) is 0.703.